The van der Waals surface area contributed by atoms with Gasteiger partial charge in [0.25, 0.3) is 0 Å². The van der Waals surface area contributed by atoms with Crippen molar-refractivity contribution in [1.29, 1.82) is 0 Å². The Labute approximate surface area is 111 Å². The largest absolute Gasteiger partial charge is 0.495 e. The van der Waals surface area contributed by atoms with Crippen LogP contribution in [-0.4, -0.2) is 26.9 Å². The van der Waals surface area contributed by atoms with E-state index in [2.05, 4.69) is 17.4 Å². The van der Waals surface area contributed by atoms with Crippen molar-refractivity contribution in [2.45, 2.75) is 12.5 Å². The van der Waals surface area contributed by atoms with Crippen LogP contribution in [-0.2, 0) is 4.74 Å². The summed E-state index contributed by atoms with van der Waals surface area (Å²) in [6.07, 6.45) is 1.04. The first-order valence-electron chi connectivity index (χ1n) is 6.26. The molecule has 3 nitrogen and oxygen atoms in total. The number of thiophene rings is 1. The SMILES string of the molecule is COc1cccc2cc(C3CCOCCN3)sc12. The van der Waals surface area contributed by atoms with E-state index in [1.165, 1.54) is 15.0 Å². The third-order valence-corrected chi connectivity index (χ3v) is 4.56. The standard InChI is InChI=1S/C14H17NO2S/c1-16-12-4-2-3-10-9-13(18-14(10)12)11-5-7-17-8-6-15-11/h2-4,9,11,15H,5-8H2,1H3. The zero-order valence-corrected chi connectivity index (χ0v) is 11.3. The van der Waals surface area contributed by atoms with Gasteiger partial charge in [0.05, 0.1) is 18.4 Å². The van der Waals surface area contributed by atoms with E-state index in [-0.39, 0.29) is 0 Å². The van der Waals surface area contributed by atoms with Gasteiger partial charge >= 0.3 is 0 Å². The van der Waals surface area contributed by atoms with Crippen LogP contribution in [0.1, 0.15) is 17.3 Å². The van der Waals surface area contributed by atoms with Crippen molar-refractivity contribution in [1.82, 2.24) is 5.32 Å². The molecule has 1 unspecified atom stereocenters. The van der Waals surface area contributed by atoms with Crippen molar-refractivity contribution < 1.29 is 9.47 Å². The topological polar surface area (TPSA) is 30.5 Å². The average molecular weight is 263 g/mol. The molecular formula is C14H17NO2S. The van der Waals surface area contributed by atoms with Gasteiger partial charge in [-0.25, -0.2) is 0 Å². The van der Waals surface area contributed by atoms with Gasteiger partial charge in [-0.2, -0.15) is 0 Å². The number of nitrogens with one attached hydrogen (secondary N) is 1. The molecule has 0 bridgehead atoms. The van der Waals surface area contributed by atoms with Gasteiger partial charge in [0.1, 0.15) is 5.75 Å². The van der Waals surface area contributed by atoms with Crippen LogP contribution in [0.4, 0.5) is 0 Å². The summed E-state index contributed by atoms with van der Waals surface area (Å²) in [5.41, 5.74) is 0. The van der Waals surface area contributed by atoms with Gasteiger partial charge in [-0.3, -0.25) is 0 Å². The molecule has 4 heteroatoms. The molecule has 2 heterocycles. The zero-order valence-electron chi connectivity index (χ0n) is 10.4. The highest BCUT2D eigenvalue weighted by Gasteiger charge is 2.17. The fourth-order valence-electron chi connectivity index (χ4n) is 2.34. The summed E-state index contributed by atoms with van der Waals surface area (Å²) in [5.74, 6) is 0.966. The number of methoxy groups -OCH3 is 1. The number of ether oxygens (including phenoxy) is 2. The van der Waals surface area contributed by atoms with Crippen molar-refractivity contribution >= 4 is 21.4 Å². The van der Waals surface area contributed by atoms with Crippen LogP contribution in [0.2, 0.25) is 0 Å². The van der Waals surface area contributed by atoms with Crippen LogP contribution >= 0.6 is 11.3 Å². The van der Waals surface area contributed by atoms with Gasteiger partial charge in [0.2, 0.25) is 0 Å². The first-order valence-corrected chi connectivity index (χ1v) is 7.07. The van der Waals surface area contributed by atoms with E-state index in [0.29, 0.717) is 6.04 Å². The Hall–Kier alpha value is -1.10. The minimum Gasteiger partial charge on any atom is -0.495 e. The average Bonchev–Trinajstić information content (AvgIpc) is 2.65. The van der Waals surface area contributed by atoms with E-state index in [9.17, 15) is 0 Å². The Kier molecular flexibility index (Phi) is 3.50. The number of hydrogen-bond acceptors (Lipinski definition) is 4. The van der Waals surface area contributed by atoms with Crippen LogP contribution in [0.3, 0.4) is 0 Å². The molecule has 0 spiro atoms. The maximum absolute atomic E-state index is 5.48. The Morgan fingerprint density at radius 3 is 3.22 bits per heavy atom. The number of fused-ring (bicyclic) bond motifs is 1. The normalized spacial score (nSPS) is 20.8. The van der Waals surface area contributed by atoms with E-state index in [1.54, 1.807) is 7.11 Å². The first kappa shape index (κ1) is 12.0. The second kappa shape index (κ2) is 5.26. The van der Waals surface area contributed by atoms with Crippen LogP contribution in [0, 0.1) is 0 Å². The van der Waals surface area contributed by atoms with E-state index in [4.69, 9.17) is 9.47 Å². The molecule has 1 saturated heterocycles. The molecule has 1 aromatic carbocycles. The number of benzene rings is 1. The minimum absolute atomic E-state index is 0.412. The maximum Gasteiger partial charge on any atom is 0.136 e. The first-order chi connectivity index (χ1) is 8.88. The van der Waals surface area contributed by atoms with Crippen LogP contribution in [0.5, 0.6) is 5.75 Å². The molecule has 1 fully saturated rings. The molecule has 1 N–H and O–H groups in total. The van der Waals surface area contributed by atoms with Crippen molar-refractivity contribution in [2.75, 3.05) is 26.9 Å². The van der Waals surface area contributed by atoms with E-state index in [1.807, 2.05) is 23.5 Å². The van der Waals surface area contributed by atoms with Gasteiger partial charge in [0, 0.05) is 24.1 Å². The summed E-state index contributed by atoms with van der Waals surface area (Å²) in [6.45, 7) is 2.57. The minimum atomic E-state index is 0.412. The third-order valence-electron chi connectivity index (χ3n) is 3.28. The molecule has 18 heavy (non-hydrogen) atoms. The Balaban J connectivity index is 1.96. The molecule has 3 rings (SSSR count). The molecule has 0 amide bonds. The molecule has 1 atom stereocenters. The van der Waals surface area contributed by atoms with Gasteiger partial charge in [0.15, 0.2) is 0 Å². The second-order valence-corrected chi connectivity index (χ2v) is 5.52. The summed E-state index contributed by atoms with van der Waals surface area (Å²) >= 11 is 1.82. The number of rotatable bonds is 2. The molecular weight excluding hydrogens is 246 g/mol. The zero-order chi connectivity index (χ0) is 12.4. The lowest BCUT2D eigenvalue weighted by molar-refractivity contribution is 0.150. The lowest BCUT2D eigenvalue weighted by atomic mass is 10.1. The predicted octanol–water partition coefficient (Wildman–Crippen LogP) is 2.96. The highest BCUT2D eigenvalue weighted by atomic mass is 32.1. The van der Waals surface area contributed by atoms with Gasteiger partial charge < -0.3 is 14.8 Å². The molecule has 0 aliphatic carbocycles. The van der Waals surface area contributed by atoms with E-state index >= 15 is 0 Å². The highest BCUT2D eigenvalue weighted by molar-refractivity contribution is 7.19. The quantitative estimate of drug-likeness (QED) is 0.903. The van der Waals surface area contributed by atoms with Crippen LogP contribution < -0.4 is 10.1 Å². The summed E-state index contributed by atoms with van der Waals surface area (Å²) in [7, 11) is 1.73. The Bertz CT molecular complexity index is 530. The molecule has 96 valence electrons. The van der Waals surface area contributed by atoms with Crippen molar-refractivity contribution in [3.05, 3.63) is 29.1 Å². The molecule has 0 radical (unpaired) electrons. The van der Waals surface area contributed by atoms with Crippen LogP contribution in [0.25, 0.3) is 10.1 Å². The Morgan fingerprint density at radius 2 is 2.33 bits per heavy atom. The fourth-order valence-corrected chi connectivity index (χ4v) is 3.60. The van der Waals surface area contributed by atoms with Crippen molar-refractivity contribution in [3.63, 3.8) is 0 Å². The fraction of sp³-hybridized carbons (Fsp3) is 0.429. The van der Waals surface area contributed by atoms with Gasteiger partial charge in [-0.15, -0.1) is 11.3 Å². The molecule has 0 saturated carbocycles. The molecule has 1 aliphatic rings. The van der Waals surface area contributed by atoms with Crippen molar-refractivity contribution in [3.8, 4) is 5.75 Å². The second-order valence-electron chi connectivity index (χ2n) is 4.44. The van der Waals surface area contributed by atoms with Gasteiger partial charge in [-0.05, 0) is 23.9 Å². The maximum atomic E-state index is 5.48. The molecule has 1 aromatic heterocycles. The lowest BCUT2D eigenvalue weighted by Gasteiger charge is -2.12. The number of hydrogen-bond donors (Lipinski definition) is 1. The summed E-state index contributed by atoms with van der Waals surface area (Å²) < 4.78 is 12.1. The summed E-state index contributed by atoms with van der Waals surface area (Å²) in [5, 5.41) is 4.81. The van der Waals surface area contributed by atoms with Crippen LogP contribution in [0.15, 0.2) is 24.3 Å². The van der Waals surface area contributed by atoms with E-state index in [0.717, 1.165) is 31.9 Å². The van der Waals surface area contributed by atoms with Gasteiger partial charge in [-0.1, -0.05) is 12.1 Å². The monoisotopic (exact) mass is 263 g/mol. The lowest BCUT2D eigenvalue weighted by Crippen LogP contribution is -2.21. The highest BCUT2D eigenvalue weighted by Crippen LogP contribution is 2.37. The van der Waals surface area contributed by atoms with E-state index < -0.39 is 0 Å². The molecule has 2 aromatic rings. The predicted molar refractivity (Wildman–Crippen MR) is 74.6 cm³/mol. The smallest absolute Gasteiger partial charge is 0.136 e. The summed E-state index contributed by atoms with van der Waals surface area (Å²) in [4.78, 5) is 1.38. The van der Waals surface area contributed by atoms with Crippen molar-refractivity contribution in [2.24, 2.45) is 0 Å². The Morgan fingerprint density at radius 1 is 1.39 bits per heavy atom. The third kappa shape index (κ3) is 2.23. The molecule has 1 aliphatic heterocycles. The summed E-state index contributed by atoms with van der Waals surface area (Å²) in [6, 6.07) is 8.89.